The van der Waals surface area contributed by atoms with Gasteiger partial charge in [0.2, 0.25) is 0 Å². The molecule has 1 aromatic rings. The number of hydrogen-bond donors (Lipinski definition) is 1. The van der Waals surface area contributed by atoms with Gasteiger partial charge in [-0.05, 0) is 29.2 Å². The lowest BCUT2D eigenvalue weighted by molar-refractivity contribution is 0.352. The normalized spacial score (nSPS) is 19.5. The molecule has 0 bridgehead atoms. The van der Waals surface area contributed by atoms with Crippen LogP contribution in [0.2, 0.25) is 0 Å². The van der Waals surface area contributed by atoms with Gasteiger partial charge in [0.1, 0.15) is 0 Å². The van der Waals surface area contributed by atoms with Gasteiger partial charge in [-0.1, -0.05) is 6.92 Å². The molecule has 1 unspecified atom stereocenters. The van der Waals surface area contributed by atoms with Crippen molar-refractivity contribution in [3.63, 3.8) is 0 Å². The molecule has 0 amide bonds. The van der Waals surface area contributed by atoms with Crippen LogP contribution in [0.3, 0.4) is 0 Å². The molecule has 82 valence electrons. The van der Waals surface area contributed by atoms with Gasteiger partial charge in [-0.25, -0.2) is 0 Å². The number of ether oxygens (including phenoxy) is 2. The monoisotopic (exact) mass is 207 g/mol. The maximum atomic E-state index is 5.31. The highest BCUT2D eigenvalue weighted by Gasteiger charge is 2.19. The fraction of sp³-hybridized carbons (Fsp3) is 0.500. The van der Waals surface area contributed by atoms with E-state index in [0.717, 1.165) is 24.6 Å². The van der Waals surface area contributed by atoms with Crippen LogP contribution >= 0.6 is 0 Å². The van der Waals surface area contributed by atoms with Crippen LogP contribution in [0.4, 0.5) is 0 Å². The summed E-state index contributed by atoms with van der Waals surface area (Å²) in [6.45, 7) is 4.17. The van der Waals surface area contributed by atoms with E-state index in [0.29, 0.717) is 5.92 Å². The zero-order chi connectivity index (χ0) is 10.8. The first-order valence-electron chi connectivity index (χ1n) is 5.21. The molecule has 1 aliphatic rings. The van der Waals surface area contributed by atoms with Gasteiger partial charge in [-0.3, -0.25) is 0 Å². The minimum atomic E-state index is 0.536. The SMILES string of the molecule is COc1cc2c(cc1OC)C(C)CNC2. The fourth-order valence-electron chi connectivity index (χ4n) is 2.08. The molecule has 0 saturated carbocycles. The Hall–Kier alpha value is -1.22. The Labute approximate surface area is 90.4 Å². The first-order chi connectivity index (χ1) is 7.26. The molecule has 0 spiro atoms. The van der Waals surface area contributed by atoms with E-state index in [1.165, 1.54) is 11.1 Å². The zero-order valence-corrected chi connectivity index (χ0v) is 9.46. The summed E-state index contributed by atoms with van der Waals surface area (Å²) in [5.74, 6) is 2.17. The highest BCUT2D eigenvalue weighted by molar-refractivity contribution is 5.49. The molecular formula is C12H17NO2. The Bertz CT molecular complexity index is 363. The lowest BCUT2D eigenvalue weighted by Gasteiger charge is -2.24. The van der Waals surface area contributed by atoms with Gasteiger partial charge >= 0.3 is 0 Å². The standard InChI is InChI=1S/C12H17NO2/c1-8-6-13-7-9-4-11(14-2)12(15-3)5-10(8)9/h4-5,8,13H,6-7H2,1-3H3. The van der Waals surface area contributed by atoms with E-state index >= 15 is 0 Å². The van der Waals surface area contributed by atoms with Crippen LogP contribution in [0.25, 0.3) is 0 Å². The Morgan fingerprint density at radius 3 is 2.53 bits per heavy atom. The number of fused-ring (bicyclic) bond motifs is 1. The van der Waals surface area contributed by atoms with E-state index in [1.807, 2.05) is 0 Å². The molecule has 0 aliphatic carbocycles. The van der Waals surface area contributed by atoms with Crippen LogP contribution in [0.1, 0.15) is 24.0 Å². The van der Waals surface area contributed by atoms with Crippen molar-refractivity contribution in [3.8, 4) is 11.5 Å². The molecule has 1 aromatic carbocycles. The quantitative estimate of drug-likeness (QED) is 0.803. The van der Waals surface area contributed by atoms with Crippen molar-refractivity contribution in [1.82, 2.24) is 5.32 Å². The highest BCUT2D eigenvalue weighted by Crippen LogP contribution is 2.35. The Balaban J connectivity index is 2.48. The second-order valence-electron chi connectivity index (χ2n) is 3.94. The molecule has 0 radical (unpaired) electrons. The van der Waals surface area contributed by atoms with Crippen molar-refractivity contribution in [1.29, 1.82) is 0 Å². The van der Waals surface area contributed by atoms with Crippen molar-refractivity contribution in [3.05, 3.63) is 23.3 Å². The Morgan fingerprint density at radius 1 is 1.20 bits per heavy atom. The summed E-state index contributed by atoms with van der Waals surface area (Å²) in [5.41, 5.74) is 2.68. The minimum Gasteiger partial charge on any atom is -0.493 e. The molecule has 15 heavy (non-hydrogen) atoms. The summed E-state index contributed by atoms with van der Waals surface area (Å²) < 4.78 is 10.6. The predicted octanol–water partition coefficient (Wildman–Crippen LogP) is 1.91. The summed E-state index contributed by atoms with van der Waals surface area (Å²) in [7, 11) is 3.35. The average molecular weight is 207 g/mol. The molecule has 3 nitrogen and oxygen atoms in total. The molecule has 1 heterocycles. The topological polar surface area (TPSA) is 30.5 Å². The van der Waals surface area contributed by atoms with E-state index in [2.05, 4.69) is 24.4 Å². The van der Waals surface area contributed by atoms with Gasteiger partial charge < -0.3 is 14.8 Å². The van der Waals surface area contributed by atoms with Crippen LogP contribution in [-0.4, -0.2) is 20.8 Å². The number of methoxy groups -OCH3 is 2. The maximum absolute atomic E-state index is 5.31. The number of rotatable bonds is 2. The van der Waals surface area contributed by atoms with Crippen LogP contribution < -0.4 is 14.8 Å². The van der Waals surface area contributed by atoms with Crippen molar-refractivity contribution in [2.45, 2.75) is 19.4 Å². The summed E-state index contributed by atoms with van der Waals surface area (Å²) in [5, 5.41) is 3.38. The number of benzene rings is 1. The predicted molar refractivity (Wildman–Crippen MR) is 59.7 cm³/mol. The summed E-state index contributed by atoms with van der Waals surface area (Å²) in [6, 6.07) is 4.16. The van der Waals surface area contributed by atoms with Gasteiger partial charge in [0, 0.05) is 13.1 Å². The van der Waals surface area contributed by atoms with Gasteiger partial charge in [-0.2, -0.15) is 0 Å². The maximum Gasteiger partial charge on any atom is 0.161 e. The van der Waals surface area contributed by atoms with Crippen LogP contribution in [0, 0.1) is 0 Å². The third-order valence-electron chi connectivity index (χ3n) is 2.94. The van der Waals surface area contributed by atoms with Gasteiger partial charge in [0.25, 0.3) is 0 Å². The Morgan fingerprint density at radius 2 is 1.87 bits per heavy atom. The van der Waals surface area contributed by atoms with Crippen molar-refractivity contribution in [2.24, 2.45) is 0 Å². The zero-order valence-electron chi connectivity index (χ0n) is 9.46. The molecule has 0 aromatic heterocycles. The van der Waals surface area contributed by atoms with Gasteiger partial charge in [-0.15, -0.1) is 0 Å². The largest absolute Gasteiger partial charge is 0.493 e. The van der Waals surface area contributed by atoms with Crippen LogP contribution in [0.15, 0.2) is 12.1 Å². The van der Waals surface area contributed by atoms with Crippen molar-refractivity contribution >= 4 is 0 Å². The second-order valence-corrected chi connectivity index (χ2v) is 3.94. The van der Waals surface area contributed by atoms with E-state index in [1.54, 1.807) is 14.2 Å². The van der Waals surface area contributed by atoms with Crippen LogP contribution in [0.5, 0.6) is 11.5 Å². The molecule has 3 heteroatoms. The molecule has 1 atom stereocenters. The third kappa shape index (κ3) is 1.79. The average Bonchev–Trinajstić information content (AvgIpc) is 2.28. The van der Waals surface area contributed by atoms with E-state index in [9.17, 15) is 0 Å². The highest BCUT2D eigenvalue weighted by atomic mass is 16.5. The number of hydrogen-bond acceptors (Lipinski definition) is 3. The molecule has 0 saturated heterocycles. The number of nitrogens with one attached hydrogen (secondary N) is 1. The van der Waals surface area contributed by atoms with Crippen molar-refractivity contribution in [2.75, 3.05) is 20.8 Å². The van der Waals surface area contributed by atoms with Gasteiger partial charge in [0.05, 0.1) is 14.2 Å². The second kappa shape index (κ2) is 4.11. The van der Waals surface area contributed by atoms with E-state index < -0.39 is 0 Å². The molecule has 2 rings (SSSR count). The molecular weight excluding hydrogens is 190 g/mol. The minimum absolute atomic E-state index is 0.536. The first kappa shape index (κ1) is 10.3. The third-order valence-corrected chi connectivity index (χ3v) is 2.94. The summed E-state index contributed by atoms with van der Waals surface area (Å²) in [6.07, 6.45) is 0. The molecule has 0 fully saturated rings. The van der Waals surface area contributed by atoms with E-state index in [4.69, 9.17) is 9.47 Å². The first-order valence-corrected chi connectivity index (χ1v) is 5.21. The lowest BCUT2D eigenvalue weighted by atomic mass is 9.92. The lowest BCUT2D eigenvalue weighted by Crippen LogP contribution is -2.26. The van der Waals surface area contributed by atoms with Crippen LogP contribution in [-0.2, 0) is 6.54 Å². The van der Waals surface area contributed by atoms with Gasteiger partial charge in [0.15, 0.2) is 11.5 Å². The summed E-state index contributed by atoms with van der Waals surface area (Å²) >= 11 is 0. The summed E-state index contributed by atoms with van der Waals surface area (Å²) in [4.78, 5) is 0. The van der Waals surface area contributed by atoms with E-state index in [-0.39, 0.29) is 0 Å². The fourth-order valence-corrected chi connectivity index (χ4v) is 2.08. The Kier molecular flexibility index (Phi) is 2.82. The molecule has 1 aliphatic heterocycles. The smallest absolute Gasteiger partial charge is 0.161 e. The van der Waals surface area contributed by atoms with Crippen molar-refractivity contribution < 1.29 is 9.47 Å². The molecule has 1 N–H and O–H groups in total.